The SMILES string of the molecule is CC(=Cc1ccc(Br)cc1)C(=O)Nc1cccc(C(=O)O)c1. The van der Waals surface area contributed by atoms with Crippen LogP contribution in [-0.4, -0.2) is 17.0 Å². The average molecular weight is 360 g/mol. The van der Waals surface area contributed by atoms with Gasteiger partial charge < -0.3 is 10.4 Å². The van der Waals surface area contributed by atoms with Crippen LogP contribution >= 0.6 is 15.9 Å². The van der Waals surface area contributed by atoms with Crippen molar-refractivity contribution in [3.05, 3.63) is 69.7 Å². The maximum Gasteiger partial charge on any atom is 0.335 e. The highest BCUT2D eigenvalue weighted by Gasteiger charge is 2.07. The summed E-state index contributed by atoms with van der Waals surface area (Å²) in [7, 11) is 0. The minimum atomic E-state index is -1.03. The predicted octanol–water partition coefficient (Wildman–Crippen LogP) is 4.19. The van der Waals surface area contributed by atoms with Crippen LogP contribution in [-0.2, 0) is 4.79 Å². The van der Waals surface area contributed by atoms with E-state index in [4.69, 9.17) is 5.11 Å². The van der Waals surface area contributed by atoms with Crippen molar-refractivity contribution in [3.8, 4) is 0 Å². The van der Waals surface area contributed by atoms with E-state index < -0.39 is 5.97 Å². The minimum absolute atomic E-state index is 0.132. The molecule has 0 fully saturated rings. The number of nitrogens with one attached hydrogen (secondary N) is 1. The Kier molecular flexibility index (Phi) is 5.12. The molecule has 112 valence electrons. The number of hydrogen-bond donors (Lipinski definition) is 2. The Bertz CT molecular complexity index is 736. The number of carbonyl (C=O) groups excluding carboxylic acids is 1. The van der Waals surface area contributed by atoms with Crippen molar-refractivity contribution in [1.29, 1.82) is 0 Å². The van der Waals surface area contributed by atoms with Gasteiger partial charge in [-0.25, -0.2) is 4.79 Å². The van der Waals surface area contributed by atoms with Crippen molar-refractivity contribution < 1.29 is 14.7 Å². The number of rotatable bonds is 4. The largest absolute Gasteiger partial charge is 0.478 e. The smallest absolute Gasteiger partial charge is 0.335 e. The normalized spacial score (nSPS) is 11.1. The molecule has 0 saturated carbocycles. The zero-order valence-electron chi connectivity index (χ0n) is 11.8. The Labute approximate surface area is 136 Å². The lowest BCUT2D eigenvalue weighted by Crippen LogP contribution is -2.13. The Balaban J connectivity index is 2.12. The third-order valence-corrected chi connectivity index (χ3v) is 3.51. The van der Waals surface area contributed by atoms with E-state index in [0.717, 1.165) is 10.0 Å². The predicted molar refractivity (Wildman–Crippen MR) is 89.8 cm³/mol. The number of carbonyl (C=O) groups is 2. The molecular weight excluding hydrogens is 346 g/mol. The molecule has 22 heavy (non-hydrogen) atoms. The van der Waals surface area contributed by atoms with Crippen molar-refractivity contribution in [2.24, 2.45) is 0 Å². The monoisotopic (exact) mass is 359 g/mol. The molecule has 0 unspecified atom stereocenters. The molecule has 2 rings (SSSR count). The molecule has 2 N–H and O–H groups in total. The number of amides is 1. The second kappa shape index (κ2) is 7.04. The fourth-order valence-corrected chi connectivity index (χ4v) is 2.10. The summed E-state index contributed by atoms with van der Waals surface area (Å²) in [6, 6.07) is 13.7. The highest BCUT2D eigenvalue weighted by Crippen LogP contribution is 2.15. The van der Waals surface area contributed by atoms with Gasteiger partial charge in [-0.1, -0.05) is 34.1 Å². The maximum absolute atomic E-state index is 12.1. The third-order valence-electron chi connectivity index (χ3n) is 2.98. The summed E-state index contributed by atoms with van der Waals surface area (Å²) in [6.45, 7) is 1.71. The average Bonchev–Trinajstić information content (AvgIpc) is 2.49. The van der Waals surface area contributed by atoms with E-state index in [-0.39, 0.29) is 11.5 Å². The molecular formula is C17H14BrNO3. The van der Waals surface area contributed by atoms with Gasteiger partial charge in [-0.05, 0) is 48.9 Å². The lowest BCUT2D eigenvalue weighted by Gasteiger charge is -2.06. The van der Waals surface area contributed by atoms with Crippen molar-refractivity contribution in [3.63, 3.8) is 0 Å². The van der Waals surface area contributed by atoms with Crippen LogP contribution in [0.5, 0.6) is 0 Å². The summed E-state index contributed by atoms with van der Waals surface area (Å²) >= 11 is 3.36. The molecule has 0 saturated heterocycles. The standard InChI is InChI=1S/C17H14BrNO3/c1-11(9-12-5-7-14(18)8-6-12)16(20)19-15-4-2-3-13(10-15)17(21)22/h2-10H,1H3,(H,19,20)(H,21,22). The van der Waals surface area contributed by atoms with Crippen molar-refractivity contribution in [1.82, 2.24) is 0 Å². The molecule has 0 aromatic heterocycles. The van der Waals surface area contributed by atoms with Crippen LogP contribution in [0.15, 0.2) is 58.6 Å². The molecule has 0 aliphatic carbocycles. The van der Waals surface area contributed by atoms with Gasteiger partial charge in [0.1, 0.15) is 0 Å². The number of halogens is 1. The summed E-state index contributed by atoms with van der Waals surface area (Å²) < 4.78 is 0.970. The van der Waals surface area contributed by atoms with Crippen molar-refractivity contribution >= 4 is 39.6 Å². The number of anilines is 1. The van der Waals surface area contributed by atoms with E-state index in [9.17, 15) is 9.59 Å². The van der Waals surface area contributed by atoms with Crippen LogP contribution in [0.1, 0.15) is 22.8 Å². The van der Waals surface area contributed by atoms with Gasteiger partial charge >= 0.3 is 5.97 Å². The van der Waals surface area contributed by atoms with Gasteiger partial charge in [0, 0.05) is 15.7 Å². The third kappa shape index (κ3) is 4.30. The first-order valence-corrected chi connectivity index (χ1v) is 7.33. The first-order valence-electron chi connectivity index (χ1n) is 6.54. The molecule has 0 radical (unpaired) electrons. The fraction of sp³-hybridized carbons (Fsp3) is 0.0588. The number of carboxylic acids is 1. The second-order valence-corrected chi connectivity index (χ2v) is 5.63. The summed E-state index contributed by atoms with van der Waals surface area (Å²) in [5, 5.41) is 11.6. The van der Waals surface area contributed by atoms with Gasteiger partial charge in [0.2, 0.25) is 0 Å². The van der Waals surface area contributed by atoms with Crippen LogP contribution in [0, 0.1) is 0 Å². The van der Waals surface area contributed by atoms with E-state index in [1.54, 1.807) is 25.1 Å². The van der Waals surface area contributed by atoms with E-state index >= 15 is 0 Å². The van der Waals surface area contributed by atoms with Crippen molar-refractivity contribution in [2.45, 2.75) is 6.92 Å². The van der Waals surface area contributed by atoms with E-state index in [0.29, 0.717) is 11.3 Å². The molecule has 4 nitrogen and oxygen atoms in total. The fourth-order valence-electron chi connectivity index (χ4n) is 1.83. The Morgan fingerprint density at radius 1 is 1.14 bits per heavy atom. The summed E-state index contributed by atoms with van der Waals surface area (Å²) in [4.78, 5) is 23.0. The van der Waals surface area contributed by atoms with Crippen LogP contribution in [0.3, 0.4) is 0 Å². The Morgan fingerprint density at radius 3 is 2.45 bits per heavy atom. The zero-order valence-corrected chi connectivity index (χ0v) is 13.4. The highest BCUT2D eigenvalue weighted by molar-refractivity contribution is 9.10. The minimum Gasteiger partial charge on any atom is -0.478 e. The van der Waals surface area contributed by atoms with E-state index in [1.807, 2.05) is 24.3 Å². The van der Waals surface area contributed by atoms with Crippen LogP contribution in [0.2, 0.25) is 0 Å². The number of carboxylic acid groups (broad SMARTS) is 1. The summed E-state index contributed by atoms with van der Waals surface area (Å²) in [5.41, 5.74) is 2.03. The number of aromatic carboxylic acids is 1. The molecule has 0 aliphatic rings. The topological polar surface area (TPSA) is 66.4 Å². The lowest BCUT2D eigenvalue weighted by atomic mass is 10.1. The molecule has 1 amide bonds. The first kappa shape index (κ1) is 16.0. The highest BCUT2D eigenvalue weighted by atomic mass is 79.9. The van der Waals surface area contributed by atoms with Gasteiger partial charge in [-0.3, -0.25) is 4.79 Å². The van der Waals surface area contributed by atoms with Gasteiger partial charge in [0.05, 0.1) is 5.56 Å². The first-order chi connectivity index (χ1) is 10.5. The zero-order chi connectivity index (χ0) is 16.1. The quantitative estimate of drug-likeness (QED) is 0.804. The maximum atomic E-state index is 12.1. The van der Waals surface area contributed by atoms with Gasteiger partial charge in [-0.2, -0.15) is 0 Å². The van der Waals surface area contributed by atoms with Crippen LogP contribution in [0.25, 0.3) is 6.08 Å². The molecule has 0 spiro atoms. The molecule has 2 aromatic rings. The summed E-state index contributed by atoms with van der Waals surface area (Å²) in [6.07, 6.45) is 1.77. The molecule has 0 heterocycles. The van der Waals surface area contributed by atoms with E-state index in [1.165, 1.54) is 12.1 Å². The van der Waals surface area contributed by atoms with Gasteiger partial charge in [0.15, 0.2) is 0 Å². The number of hydrogen-bond acceptors (Lipinski definition) is 2. The molecule has 0 atom stereocenters. The Hall–Kier alpha value is -2.40. The number of benzene rings is 2. The second-order valence-electron chi connectivity index (χ2n) is 4.72. The molecule has 5 heteroatoms. The van der Waals surface area contributed by atoms with Crippen molar-refractivity contribution in [2.75, 3.05) is 5.32 Å². The molecule has 2 aromatic carbocycles. The Morgan fingerprint density at radius 2 is 1.82 bits per heavy atom. The molecule has 0 bridgehead atoms. The van der Waals surface area contributed by atoms with Gasteiger partial charge in [0.25, 0.3) is 5.91 Å². The van der Waals surface area contributed by atoms with Gasteiger partial charge in [-0.15, -0.1) is 0 Å². The van der Waals surface area contributed by atoms with Crippen LogP contribution < -0.4 is 5.32 Å². The molecule has 0 aliphatic heterocycles. The van der Waals surface area contributed by atoms with E-state index in [2.05, 4.69) is 21.2 Å². The summed E-state index contributed by atoms with van der Waals surface area (Å²) in [5.74, 6) is -1.30. The lowest BCUT2D eigenvalue weighted by molar-refractivity contribution is -0.112. The van der Waals surface area contributed by atoms with Crippen LogP contribution in [0.4, 0.5) is 5.69 Å².